The molecule has 0 amide bonds. The van der Waals surface area contributed by atoms with Gasteiger partial charge in [0.1, 0.15) is 5.75 Å². The van der Waals surface area contributed by atoms with Crippen molar-refractivity contribution in [2.24, 2.45) is 0 Å². The molecule has 0 saturated carbocycles. The Kier molecular flexibility index (Phi) is 5.08. The van der Waals surface area contributed by atoms with Crippen molar-refractivity contribution < 1.29 is 21.9 Å². The Morgan fingerprint density at radius 3 is 2.42 bits per heavy atom. The average Bonchev–Trinajstić information content (AvgIpc) is 2.65. The van der Waals surface area contributed by atoms with E-state index in [9.17, 15) is 17.2 Å². The largest absolute Gasteiger partial charge is 0.497 e. The fourth-order valence-corrected chi connectivity index (χ4v) is 3.57. The van der Waals surface area contributed by atoms with Gasteiger partial charge in [-0.15, -0.1) is 0 Å². The number of nitrogens with one attached hydrogen (secondary N) is 1. The molecular weight excluding hydrogens is 360 g/mol. The van der Waals surface area contributed by atoms with Crippen molar-refractivity contribution in [2.45, 2.75) is 17.2 Å². The highest BCUT2D eigenvalue weighted by atomic mass is 32.2. The van der Waals surface area contributed by atoms with E-state index in [-0.39, 0.29) is 5.69 Å². The molecule has 136 valence electrons. The number of methoxy groups -OCH3 is 1. The Morgan fingerprint density at radius 2 is 1.69 bits per heavy atom. The fourth-order valence-electron chi connectivity index (χ4n) is 2.66. The molecule has 7 heteroatoms. The summed E-state index contributed by atoms with van der Waals surface area (Å²) in [7, 11) is -3.06. The van der Waals surface area contributed by atoms with E-state index in [1.54, 1.807) is 13.2 Å². The zero-order valence-corrected chi connectivity index (χ0v) is 14.8. The Morgan fingerprint density at radius 1 is 1.00 bits per heavy atom. The van der Waals surface area contributed by atoms with Gasteiger partial charge in [0, 0.05) is 6.54 Å². The number of rotatable bonds is 6. The van der Waals surface area contributed by atoms with Crippen molar-refractivity contribution in [2.75, 3.05) is 12.4 Å². The lowest BCUT2D eigenvalue weighted by atomic mass is 10.1. The quantitative estimate of drug-likeness (QED) is 0.689. The lowest BCUT2D eigenvalue weighted by Gasteiger charge is -2.13. The van der Waals surface area contributed by atoms with Gasteiger partial charge in [-0.05, 0) is 46.7 Å². The van der Waals surface area contributed by atoms with E-state index in [1.807, 2.05) is 36.4 Å². The molecule has 0 radical (unpaired) electrons. The number of para-hydroxylation sites is 1. The van der Waals surface area contributed by atoms with Gasteiger partial charge >= 0.3 is 5.76 Å². The second-order valence-electron chi connectivity index (χ2n) is 5.70. The number of halogens is 2. The van der Waals surface area contributed by atoms with Crippen LogP contribution in [0.1, 0.15) is 5.56 Å². The molecule has 0 aliphatic heterocycles. The van der Waals surface area contributed by atoms with E-state index in [1.165, 1.54) is 18.2 Å². The summed E-state index contributed by atoms with van der Waals surface area (Å²) in [4.78, 5) is -0.402. The molecule has 0 aliphatic rings. The highest BCUT2D eigenvalue weighted by molar-refractivity contribution is 7.91. The number of sulfone groups is 1. The molecule has 0 bridgehead atoms. The molecule has 4 nitrogen and oxygen atoms in total. The number of ether oxygens (including phenoxy) is 1. The van der Waals surface area contributed by atoms with E-state index in [2.05, 4.69) is 5.32 Å². The Hall–Kier alpha value is -2.67. The number of hydrogen-bond acceptors (Lipinski definition) is 4. The van der Waals surface area contributed by atoms with Gasteiger partial charge in [0.25, 0.3) is 0 Å². The summed E-state index contributed by atoms with van der Waals surface area (Å²) in [5, 5.41) is 4.95. The molecule has 0 atom stereocenters. The predicted octanol–water partition coefficient (Wildman–Crippen LogP) is 4.46. The predicted molar refractivity (Wildman–Crippen MR) is 97.5 cm³/mol. The van der Waals surface area contributed by atoms with Crippen molar-refractivity contribution >= 4 is 26.3 Å². The van der Waals surface area contributed by atoms with Crippen LogP contribution in [0, 0.1) is 0 Å². The molecule has 0 spiro atoms. The van der Waals surface area contributed by atoms with Crippen LogP contribution in [0.25, 0.3) is 10.8 Å². The van der Waals surface area contributed by atoms with Crippen molar-refractivity contribution in [3.8, 4) is 5.75 Å². The average molecular weight is 377 g/mol. The summed E-state index contributed by atoms with van der Waals surface area (Å²) in [6.45, 7) is 0.303. The van der Waals surface area contributed by atoms with Crippen LogP contribution < -0.4 is 10.1 Å². The first-order chi connectivity index (χ1) is 12.4. The van der Waals surface area contributed by atoms with Crippen LogP contribution in [0.15, 0.2) is 65.6 Å². The highest BCUT2D eigenvalue weighted by Gasteiger charge is 2.28. The first kappa shape index (κ1) is 18.1. The van der Waals surface area contributed by atoms with Crippen molar-refractivity contribution in [1.29, 1.82) is 0 Å². The monoisotopic (exact) mass is 377 g/mol. The lowest BCUT2D eigenvalue weighted by Crippen LogP contribution is -2.14. The van der Waals surface area contributed by atoms with Crippen LogP contribution in [0.4, 0.5) is 14.5 Å². The van der Waals surface area contributed by atoms with Gasteiger partial charge in [0.05, 0.1) is 17.7 Å². The molecule has 0 fully saturated rings. The first-order valence-electron chi connectivity index (χ1n) is 7.83. The van der Waals surface area contributed by atoms with Crippen LogP contribution in [0.3, 0.4) is 0 Å². The van der Waals surface area contributed by atoms with Gasteiger partial charge in [-0.2, -0.15) is 8.78 Å². The molecule has 0 aromatic heterocycles. The Balaban J connectivity index is 1.85. The molecular formula is C19H17F2NO3S. The summed E-state index contributed by atoms with van der Waals surface area (Å²) in [5.41, 5.74) is 1.05. The van der Waals surface area contributed by atoms with E-state index < -0.39 is 20.5 Å². The summed E-state index contributed by atoms with van der Waals surface area (Å²) >= 11 is 0. The van der Waals surface area contributed by atoms with Crippen LogP contribution in [0.2, 0.25) is 0 Å². The smallest absolute Gasteiger partial charge is 0.341 e. The Bertz CT molecular complexity index is 1040. The van der Waals surface area contributed by atoms with E-state index >= 15 is 0 Å². The van der Waals surface area contributed by atoms with Crippen LogP contribution in [0.5, 0.6) is 5.75 Å². The maximum Gasteiger partial charge on any atom is 0.341 e. The van der Waals surface area contributed by atoms with E-state index in [0.717, 1.165) is 22.1 Å². The van der Waals surface area contributed by atoms with Crippen molar-refractivity contribution in [3.05, 3.63) is 66.2 Å². The minimum Gasteiger partial charge on any atom is -0.497 e. The van der Waals surface area contributed by atoms with E-state index in [0.29, 0.717) is 6.54 Å². The normalized spacial score (nSPS) is 11.7. The maximum atomic E-state index is 12.9. The lowest BCUT2D eigenvalue weighted by molar-refractivity contribution is 0.235. The number of benzene rings is 3. The zero-order valence-electron chi connectivity index (χ0n) is 13.9. The molecule has 3 aromatic rings. The molecule has 0 aliphatic carbocycles. The van der Waals surface area contributed by atoms with Gasteiger partial charge in [-0.25, -0.2) is 8.42 Å². The standard InChI is InChI=1S/C19H17F2NO3S/c1-25-16-9-8-14-10-13(6-7-15(14)11-16)12-22-17-4-2-3-5-18(17)26(23,24)19(20)21/h2-11,19,22H,12H2,1H3. The third-order valence-corrected chi connectivity index (χ3v) is 5.46. The fraction of sp³-hybridized carbons (Fsp3) is 0.158. The maximum absolute atomic E-state index is 12.9. The van der Waals surface area contributed by atoms with Gasteiger partial charge in [-0.1, -0.05) is 30.3 Å². The summed E-state index contributed by atoms with van der Waals surface area (Å²) in [6.07, 6.45) is 0. The van der Waals surface area contributed by atoms with Crippen LogP contribution in [-0.4, -0.2) is 21.3 Å². The molecule has 0 unspecified atom stereocenters. The second kappa shape index (κ2) is 7.29. The molecule has 0 heterocycles. The van der Waals surface area contributed by atoms with Gasteiger partial charge in [-0.3, -0.25) is 0 Å². The third-order valence-electron chi connectivity index (χ3n) is 4.02. The van der Waals surface area contributed by atoms with E-state index in [4.69, 9.17) is 4.74 Å². The third kappa shape index (κ3) is 3.62. The number of hydrogen-bond donors (Lipinski definition) is 1. The summed E-state index contributed by atoms with van der Waals surface area (Å²) in [6, 6.07) is 17.1. The molecule has 1 N–H and O–H groups in total. The second-order valence-corrected chi connectivity index (χ2v) is 7.59. The number of alkyl halides is 2. The minimum absolute atomic E-state index is 0.155. The minimum atomic E-state index is -4.66. The van der Waals surface area contributed by atoms with Crippen LogP contribution >= 0.6 is 0 Å². The molecule has 3 rings (SSSR count). The Labute approximate surface area is 150 Å². The van der Waals surface area contributed by atoms with Crippen molar-refractivity contribution in [1.82, 2.24) is 0 Å². The molecule has 3 aromatic carbocycles. The van der Waals surface area contributed by atoms with Gasteiger partial charge in [0.2, 0.25) is 9.84 Å². The topological polar surface area (TPSA) is 55.4 Å². The molecule has 0 saturated heterocycles. The van der Waals surface area contributed by atoms with Gasteiger partial charge in [0.15, 0.2) is 0 Å². The zero-order chi connectivity index (χ0) is 18.7. The van der Waals surface area contributed by atoms with Crippen LogP contribution in [-0.2, 0) is 16.4 Å². The summed E-state index contributed by atoms with van der Waals surface area (Å²) < 4.78 is 54.5. The van der Waals surface area contributed by atoms with Gasteiger partial charge < -0.3 is 10.1 Å². The van der Waals surface area contributed by atoms with Crippen molar-refractivity contribution in [3.63, 3.8) is 0 Å². The number of fused-ring (bicyclic) bond motifs is 1. The highest BCUT2D eigenvalue weighted by Crippen LogP contribution is 2.27. The molecule has 26 heavy (non-hydrogen) atoms. The SMILES string of the molecule is COc1ccc2cc(CNc3ccccc3S(=O)(=O)C(F)F)ccc2c1. The summed E-state index contributed by atoms with van der Waals surface area (Å²) in [5.74, 6) is -2.70. The first-order valence-corrected chi connectivity index (χ1v) is 9.38. The number of anilines is 1.